The maximum Gasteiger partial charge on any atom is 0.142 e. The Kier molecular flexibility index (Phi) is 4.72. The van der Waals surface area contributed by atoms with Crippen LogP contribution in [0, 0.1) is 0 Å². The van der Waals surface area contributed by atoms with Crippen LogP contribution in [0.5, 0.6) is 11.5 Å². The smallest absolute Gasteiger partial charge is 0.142 e. The highest BCUT2D eigenvalue weighted by molar-refractivity contribution is 6.43. The van der Waals surface area contributed by atoms with Gasteiger partial charge in [0.2, 0.25) is 0 Å². The van der Waals surface area contributed by atoms with E-state index in [0.717, 1.165) is 17.7 Å². The Morgan fingerprint density at radius 3 is 2.39 bits per heavy atom. The summed E-state index contributed by atoms with van der Waals surface area (Å²) in [6.45, 7) is 0. The van der Waals surface area contributed by atoms with Crippen LogP contribution in [0.2, 0.25) is 10.0 Å². The molecule has 122 valence electrons. The van der Waals surface area contributed by atoms with E-state index in [0.29, 0.717) is 15.8 Å². The van der Waals surface area contributed by atoms with E-state index < -0.39 is 0 Å². The molecule has 0 heterocycles. The molecular formula is C18H19Cl2NO2. The number of nitrogens with one attached hydrogen (secondary N) is 1. The van der Waals surface area contributed by atoms with Crippen molar-refractivity contribution < 1.29 is 9.47 Å². The van der Waals surface area contributed by atoms with Crippen molar-refractivity contribution in [2.24, 2.45) is 0 Å². The molecule has 0 amide bonds. The monoisotopic (exact) mass is 351 g/mol. The Hall–Kier alpha value is -1.42. The summed E-state index contributed by atoms with van der Waals surface area (Å²) in [7, 11) is 5.29. The minimum Gasteiger partial charge on any atom is -0.497 e. The lowest BCUT2D eigenvalue weighted by molar-refractivity contribution is 0.406. The molecule has 1 aliphatic rings. The van der Waals surface area contributed by atoms with E-state index in [4.69, 9.17) is 32.7 Å². The predicted molar refractivity (Wildman–Crippen MR) is 94.3 cm³/mol. The molecule has 0 saturated heterocycles. The van der Waals surface area contributed by atoms with Crippen molar-refractivity contribution in [3.63, 3.8) is 0 Å². The molecule has 0 bridgehead atoms. The minimum atomic E-state index is 0.207. The molecule has 0 unspecified atom stereocenters. The number of fused-ring (bicyclic) bond motifs is 1. The Morgan fingerprint density at radius 1 is 1.00 bits per heavy atom. The van der Waals surface area contributed by atoms with Crippen LogP contribution in [0.25, 0.3) is 0 Å². The highest BCUT2D eigenvalue weighted by Gasteiger charge is 2.33. The van der Waals surface area contributed by atoms with Crippen molar-refractivity contribution in [2.45, 2.75) is 18.4 Å². The summed E-state index contributed by atoms with van der Waals surface area (Å²) in [6, 6.07) is 10.3. The van der Waals surface area contributed by atoms with E-state index in [1.165, 1.54) is 11.1 Å². The van der Waals surface area contributed by atoms with Crippen LogP contribution >= 0.6 is 23.2 Å². The van der Waals surface area contributed by atoms with Crippen LogP contribution in [0.4, 0.5) is 0 Å². The molecule has 2 aromatic rings. The van der Waals surface area contributed by atoms with Gasteiger partial charge in [0, 0.05) is 17.5 Å². The molecule has 0 fully saturated rings. The summed E-state index contributed by atoms with van der Waals surface area (Å²) in [4.78, 5) is 0. The largest absolute Gasteiger partial charge is 0.497 e. The van der Waals surface area contributed by atoms with Gasteiger partial charge in [0.25, 0.3) is 0 Å². The number of ether oxygens (including phenoxy) is 2. The molecule has 3 rings (SSSR count). The van der Waals surface area contributed by atoms with Gasteiger partial charge in [-0.3, -0.25) is 0 Å². The van der Waals surface area contributed by atoms with Gasteiger partial charge in [0.05, 0.1) is 19.2 Å². The maximum absolute atomic E-state index is 6.33. The lowest BCUT2D eigenvalue weighted by atomic mass is 9.92. The maximum atomic E-state index is 6.33. The molecule has 0 aliphatic heterocycles. The first-order chi connectivity index (χ1) is 11.1. The number of methoxy groups -OCH3 is 2. The molecule has 5 heteroatoms. The third-order valence-corrected chi connectivity index (χ3v) is 5.31. The summed E-state index contributed by atoms with van der Waals surface area (Å²) in [6.07, 6.45) is 0.938. The third kappa shape index (κ3) is 2.78. The van der Waals surface area contributed by atoms with Crippen LogP contribution in [-0.4, -0.2) is 21.3 Å². The second-order valence-electron chi connectivity index (χ2n) is 5.61. The number of hydrogen-bond donors (Lipinski definition) is 1. The Morgan fingerprint density at radius 2 is 1.74 bits per heavy atom. The highest BCUT2D eigenvalue weighted by atomic mass is 35.5. The lowest BCUT2D eigenvalue weighted by Gasteiger charge is -2.18. The molecule has 0 aromatic heterocycles. The van der Waals surface area contributed by atoms with E-state index >= 15 is 0 Å². The average Bonchev–Trinajstić information content (AvgIpc) is 2.94. The standard InChI is InChI=1S/C18H19Cl2NO2/c1-21-16-9-13(11-5-4-10(22-2)8-14(11)16)12-6-7-15(19)17(20)18(12)23-3/h4-8,13,16,21H,9H2,1-3H3/t13-,16-/m1/s1. The third-order valence-electron chi connectivity index (χ3n) is 4.52. The minimum absolute atomic E-state index is 0.207. The molecule has 3 nitrogen and oxygen atoms in total. The van der Waals surface area contributed by atoms with E-state index in [1.54, 1.807) is 14.2 Å². The van der Waals surface area contributed by atoms with Crippen LogP contribution in [0.1, 0.15) is 35.1 Å². The van der Waals surface area contributed by atoms with Gasteiger partial charge in [-0.1, -0.05) is 35.3 Å². The first kappa shape index (κ1) is 16.4. The molecule has 2 atom stereocenters. The van der Waals surface area contributed by atoms with Gasteiger partial charge in [-0.15, -0.1) is 0 Å². The van der Waals surface area contributed by atoms with Gasteiger partial charge in [0.1, 0.15) is 16.5 Å². The van der Waals surface area contributed by atoms with Crippen molar-refractivity contribution >= 4 is 23.2 Å². The lowest BCUT2D eigenvalue weighted by Crippen LogP contribution is -2.13. The number of rotatable bonds is 4. The Balaban J connectivity index is 2.12. The van der Waals surface area contributed by atoms with Gasteiger partial charge in [-0.25, -0.2) is 0 Å². The van der Waals surface area contributed by atoms with Crippen LogP contribution < -0.4 is 14.8 Å². The fraction of sp³-hybridized carbons (Fsp3) is 0.333. The molecular weight excluding hydrogens is 333 g/mol. The molecule has 1 N–H and O–H groups in total. The first-order valence-corrected chi connectivity index (χ1v) is 8.23. The zero-order chi connectivity index (χ0) is 16.6. The molecule has 2 aromatic carbocycles. The van der Waals surface area contributed by atoms with Gasteiger partial charge in [0.15, 0.2) is 0 Å². The van der Waals surface area contributed by atoms with Crippen molar-refractivity contribution in [1.82, 2.24) is 5.32 Å². The molecule has 0 spiro atoms. The summed E-state index contributed by atoms with van der Waals surface area (Å²) < 4.78 is 10.9. The van der Waals surface area contributed by atoms with Crippen LogP contribution in [-0.2, 0) is 0 Å². The molecule has 1 aliphatic carbocycles. The highest BCUT2D eigenvalue weighted by Crippen LogP contribution is 2.49. The predicted octanol–water partition coefficient (Wildman–Crippen LogP) is 4.81. The SMILES string of the molecule is CN[C@@H]1C[C@@H](c2ccc(Cl)c(Cl)c2OC)c2ccc(OC)cc21. The fourth-order valence-electron chi connectivity index (χ4n) is 3.39. The molecule has 0 radical (unpaired) electrons. The number of hydrogen-bond acceptors (Lipinski definition) is 3. The zero-order valence-corrected chi connectivity index (χ0v) is 14.8. The Labute approximate surface area is 146 Å². The van der Waals surface area contributed by atoms with E-state index in [9.17, 15) is 0 Å². The number of halogens is 2. The van der Waals surface area contributed by atoms with Crippen LogP contribution in [0.3, 0.4) is 0 Å². The van der Waals surface area contributed by atoms with Gasteiger partial charge < -0.3 is 14.8 Å². The van der Waals surface area contributed by atoms with E-state index in [1.807, 2.05) is 25.2 Å². The summed E-state index contributed by atoms with van der Waals surface area (Å²) in [5.74, 6) is 1.73. The quantitative estimate of drug-likeness (QED) is 0.857. The summed E-state index contributed by atoms with van der Waals surface area (Å²) in [5.41, 5.74) is 3.58. The molecule has 23 heavy (non-hydrogen) atoms. The van der Waals surface area contributed by atoms with Gasteiger partial charge in [-0.05, 0) is 42.8 Å². The van der Waals surface area contributed by atoms with Gasteiger partial charge >= 0.3 is 0 Å². The van der Waals surface area contributed by atoms with Crippen molar-refractivity contribution in [1.29, 1.82) is 0 Å². The molecule has 0 saturated carbocycles. The second-order valence-corrected chi connectivity index (χ2v) is 6.39. The van der Waals surface area contributed by atoms with E-state index in [-0.39, 0.29) is 12.0 Å². The summed E-state index contributed by atoms with van der Waals surface area (Å²) in [5, 5.41) is 4.35. The van der Waals surface area contributed by atoms with Crippen molar-refractivity contribution in [3.05, 3.63) is 57.1 Å². The first-order valence-electron chi connectivity index (χ1n) is 7.47. The second kappa shape index (κ2) is 6.60. The normalized spacial score (nSPS) is 19.5. The average molecular weight is 352 g/mol. The fourth-order valence-corrected chi connectivity index (χ4v) is 3.78. The van der Waals surface area contributed by atoms with Gasteiger partial charge in [-0.2, -0.15) is 0 Å². The van der Waals surface area contributed by atoms with Crippen LogP contribution in [0.15, 0.2) is 30.3 Å². The topological polar surface area (TPSA) is 30.5 Å². The Bertz CT molecular complexity index is 733. The van der Waals surface area contributed by atoms with Crippen molar-refractivity contribution in [2.75, 3.05) is 21.3 Å². The van der Waals surface area contributed by atoms with Crippen molar-refractivity contribution in [3.8, 4) is 11.5 Å². The zero-order valence-electron chi connectivity index (χ0n) is 13.3. The number of benzene rings is 2. The summed E-state index contributed by atoms with van der Waals surface area (Å²) >= 11 is 12.5. The van der Waals surface area contributed by atoms with E-state index in [2.05, 4.69) is 17.4 Å².